The molecule has 1 aliphatic rings. The van der Waals surface area contributed by atoms with Crippen molar-refractivity contribution in [3.05, 3.63) is 0 Å². The Kier molecular flexibility index (Phi) is 2.06. The molecule has 0 aliphatic carbocycles. The van der Waals surface area contributed by atoms with Gasteiger partial charge in [0.1, 0.15) is 0 Å². The average molecular weight is 143 g/mol. The fourth-order valence-electron chi connectivity index (χ4n) is 1.20. The first kappa shape index (κ1) is 7.69. The van der Waals surface area contributed by atoms with Crippen molar-refractivity contribution < 1.29 is 9.28 Å². The molecule has 10 heavy (non-hydrogen) atoms. The second kappa shape index (κ2) is 2.68. The van der Waals surface area contributed by atoms with Crippen LogP contribution < -0.4 is 5.32 Å². The number of carbonyl (C=O) groups excluding carboxylic acids is 1. The minimum Gasteiger partial charge on any atom is -0.306 e. The van der Waals surface area contributed by atoms with Gasteiger partial charge in [-0.3, -0.25) is 4.48 Å². The molecule has 0 aromatic carbocycles. The minimum atomic E-state index is 0.279. The first-order chi connectivity index (χ1) is 4.65. The molecular weight excluding hydrogens is 128 g/mol. The van der Waals surface area contributed by atoms with Crippen molar-refractivity contribution in [1.29, 1.82) is 0 Å². The fourth-order valence-corrected chi connectivity index (χ4v) is 1.20. The third-order valence-corrected chi connectivity index (χ3v) is 2.32. The monoisotopic (exact) mass is 143 g/mol. The van der Waals surface area contributed by atoms with Crippen molar-refractivity contribution in [2.24, 2.45) is 0 Å². The van der Waals surface area contributed by atoms with Crippen LogP contribution in [0.2, 0.25) is 0 Å². The Hall–Kier alpha value is -0.410. The Labute approximate surface area is 61.6 Å². The highest BCUT2D eigenvalue weighted by molar-refractivity contribution is 5.65. The van der Waals surface area contributed by atoms with Gasteiger partial charge in [-0.05, 0) is 0 Å². The van der Waals surface area contributed by atoms with Crippen LogP contribution >= 0.6 is 0 Å². The molecule has 1 saturated heterocycles. The Morgan fingerprint density at radius 2 is 1.90 bits per heavy atom. The van der Waals surface area contributed by atoms with Crippen LogP contribution in [-0.2, 0) is 4.79 Å². The molecule has 0 aromatic heterocycles. The number of likely N-dealkylation sites (N-methyl/N-ethyl adjacent to an activating group) is 1. The highest BCUT2D eigenvalue weighted by Crippen LogP contribution is 2.03. The van der Waals surface area contributed by atoms with Crippen molar-refractivity contribution in [3.8, 4) is 0 Å². The molecule has 3 heteroatoms. The standard InChI is InChI=1S/C7H15N2O/c1-7(10)9(2)5-3-8-4-6-9/h8H,3-6H2,1-2H3/q+1. The zero-order valence-corrected chi connectivity index (χ0v) is 6.68. The number of carbonyl (C=O) groups is 1. The van der Waals surface area contributed by atoms with Gasteiger partial charge in [0.25, 0.3) is 0 Å². The minimum absolute atomic E-state index is 0.279. The third kappa shape index (κ3) is 1.36. The van der Waals surface area contributed by atoms with E-state index in [0.29, 0.717) is 4.48 Å². The van der Waals surface area contributed by atoms with Crippen LogP contribution in [0.25, 0.3) is 0 Å². The Bertz CT molecular complexity index is 139. The van der Waals surface area contributed by atoms with E-state index in [0.717, 1.165) is 26.2 Å². The van der Waals surface area contributed by atoms with Gasteiger partial charge in [-0.1, -0.05) is 0 Å². The summed E-state index contributed by atoms with van der Waals surface area (Å²) in [6.45, 7) is 5.49. The molecule has 1 N–H and O–H groups in total. The fraction of sp³-hybridized carbons (Fsp3) is 0.857. The molecule has 1 rings (SSSR count). The molecule has 1 aliphatic heterocycles. The summed E-state index contributed by atoms with van der Waals surface area (Å²) in [4.78, 5) is 11.1. The molecule has 0 aromatic rings. The smallest absolute Gasteiger partial charge is 0.306 e. The summed E-state index contributed by atoms with van der Waals surface area (Å²) in [6, 6.07) is 0. The van der Waals surface area contributed by atoms with E-state index >= 15 is 0 Å². The van der Waals surface area contributed by atoms with Crippen molar-refractivity contribution in [1.82, 2.24) is 5.32 Å². The lowest BCUT2D eigenvalue weighted by Crippen LogP contribution is -2.58. The maximum atomic E-state index is 11.1. The number of piperazine rings is 1. The molecule has 0 bridgehead atoms. The highest BCUT2D eigenvalue weighted by atomic mass is 16.2. The summed E-state index contributed by atoms with van der Waals surface area (Å²) in [6.07, 6.45) is 0. The Balaban J connectivity index is 2.56. The van der Waals surface area contributed by atoms with E-state index in [1.165, 1.54) is 0 Å². The van der Waals surface area contributed by atoms with E-state index in [-0.39, 0.29) is 5.91 Å². The van der Waals surface area contributed by atoms with Gasteiger partial charge in [-0.15, -0.1) is 0 Å². The largest absolute Gasteiger partial charge is 0.310 e. The number of amides is 1. The summed E-state index contributed by atoms with van der Waals surface area (Å²) in [5.74, 6) is 0.279. The first-order valence-corrected chi connectivity index (χ1v) is 3.71. The second-order valence-corrected chi connectivity index (χ2v) is 3.11. The molecular formula is C7H15N2O+. The number of rotatable bonds is 0. The number of nitrogens with zero attached hydrogens (tertiary/aromatic N) is 1. The molecule has 0 atom stereocenters. The zero-order valence-electron chi connectivity index (χ0n) is 6.68. The first-order valence-electron chi connectivity index (χ1n) is 3.71. The molecule has 0 radical (unpaired) electrons. The number of hydrogen-bond donors (Lipinski definition) is 1. The van der Waals surface area contributed by atoms with Crippen LogP contribution in [0.15, 0.2) is 0 Å². The van der Waals surface area contributed by atoms with Gasteiger partial charge >= 0.3 is 5.91 Å². The third-order valence-electron chi connectivity index (χ3n) is 2.32. The molecule has 3 nitrogen and oxygen atoms in total. The summed E-state index contributed by atoms with van der Waals surface area (Å²) in [5, 5.41) is 3.23. The second-order valence-electron chi connectivity index (χ2n) is 3.11. The predicted molar refractivity (Wildman–Crippen MR) is 39.5 cm³/mol. The lowest BCUT2D eigenvalue weighted by Gasteiger charge is -2.34. The van der Waals surface area contributed by atoms with Crippen molar-refractivity contribution in [3.63, 3.8) is 0 Å². The van der Waals surface area contributed by atoms with Crippen LogP contribution in [0.3, 0.4) is 0 Å². The number of quaternary nitrogens is 1. The SMILES string of the molecule is CC(=O)[N+]1(C)CCNCC1. The molecule has 58 valence electrons. The molecule has 1 heterocycles. The van der Waals surface area contributed by atoms with Gasteiger partial charge in [0.2, 0.25) is 0 Å². The van der Waals surface area contributed by atoms with Crippen molar-refractivity contribution in [2.75, 3.05) is 33.2 Å². The van der Waals surface area contributed by atoms with E-state index in [1.54, 1.807) is 6.92 Å². The van der Waals surface area contributed by atoms with E-state index in [9.17, 15) is 4.79 Å². The topological polar surface area (TPSA) is 29.1 Å². The van der Waals surface area contributed by atoms with Crippen molar-refractivity contribution in [2.45, 2.75) is 6.92 Å². The molecule has 1 fully saturated rings. The molecule has 0 spiro atoms. The lowest BCUT2D eigenvalue weighted by atomic mass is 10.3. The van der Waals surface area contributed by atoms with Crippen LogP contribution in [0.5, 0.6) is 0 Å². The number of hydrogen-bond acceptors (Lipinski definition) is 2. The van der Waals surface area contributed by atoms with E-state index in [2.05, 4.69) is 5.32 Å². The Morgan fingerprint density at radius 3 is 2.20 bits per heavy atom. The van der Waals surface area contributed by atoms with Gasteiger partial charge < -0.3 is 5.32 Å². The molecule has 1 amide bonds. The number of nitrogens with one attached hydrogen (secondary N) is 1. The van der Waals surface area contributed by atoms with Crippen LogP contribution in [0.4, 0.5) is 0 Å². The van der Waals surface area contributed by atoms with E-state index in [4.69, 9.17) is 0 Å². The zero-order chi connectivity index (χ0) is 7.61. The average Bonchev–Trinajstić information content (AvgIpc) is 1.89. The van der Waals surface area contributed by atoms with Gasteiger partial charge in [0, 0.05) is 13.1 Å². The lowest BCUT2D eigenvalue weighted by molar-refractivity contribution is -0.835. The van der Waals surface area contributed by atoms with Gasteiger partial charge in [0.05, 0.1) is 27.1 Å². The van der Waals surface area contributed by atoms with Gasteiger partial charge in [-0.2, -0.15) is 0 Å². The maximum Gasteiger partial charge on any atom is 0.310 e. The summed E-state index contributed by atoms with van der Waals surface area (Å²) < 4.78 is 0.604. The van der Waals surface area contributed by atoms with Crippen molar-refractivity contribution >= 4 is 5.91 Å². The van der Waals surface area contributed by atoms with E-state index in [1.807, 2.05) is 7.05 Å². The normalized spacial score (nSPS) is 24.2. The van der Waals surface area contributed by atoms with Crippen LogP contribution in [0, 0.1) is 0 Å². The summed E-state index contributed by atoms with van der Waals surface area (Å²) >= 11 is 0. The van der Waals surface area contributed by atoms with Gasteiger partial charge in [-0.25, -0.2) is 4.79 Å². The van der Waals surface area contributed by atoms with Crippen LogP contribution in [-0.4, -0.2) is 43.6 Å². The molecule has 0 saturated carbocycles. The maximum absolute atomic E-state index is 11.1. The Morgan fingerprint density at radius 1 is 1.40 bits per heavy atom. The predicted octanol–water partition coefficient (Wildman–Crippen LogP) is -0.417. The summed E-state index contributed by atoms with van der Waals surface area (Å²) in [5.41, 5.74) is 0. The van der Waals surface area contributed by atoms with Gasteiger partial charge in [0.15, 0.2) is 0 Å². The van der Waals surface area contributed by atoms with Crippen LogP contribution in [0.1, 0.15) is 6.92 Å². The highest BCUT2D eigenvalue weighted by Gasteiger charge is 2.29. The van der Waals surface area contributed by atoms with E-state index < -0.39 is 0 Å². The molecule has 0 unspecified atom stereocenters. The summed E-state index contributed by atoms with van der Waals surface area (Å²) in [7, 11) is 2.00. The quantitative estimate of drug-likeness (QED) is 0.467.